The maximum Gasteiger partial charge on any atom is 0.307 e. The molecule has 2 aromatic carbocycles. The first kappa shape index (κ1) is 21.6. The van der Waals surface area contributed by atoms with E-state index < -0.39 is 27.8 Å². The molecule has 0 radical (unpaired) electrons. The lowest BCUT2D eigenvalue weighted by molar-refractivity contribution is -0.154. The third kappa shape index (κ3) is 5.50. The number of carbonyl (C=O) groups excluding carboxylic acids is 2. The van der Waals surface area contributed by atoms with Crippen LogP contribution in [0.3, 0.4) is 0 Å². The predicted octanol–water partition coefficient (Wildman–Crippen LogP) is 2.14. The van der Waals surface area contributed by atoms with Crippen LogP contribution in [0.2, 0.25) is 0 Å². The highest BCUT2D eigenvalue weighted by molar-refractivity contribution is 7.91. The molecular weight excluding hydrogens is 410 g/mol. The molecule has 0 aromatic heterocycles. The molecule has 9 heteroatoms. The third-order valence-electron chi connectivity index (χ3n) is 4.54. The van der Waals surface area contributed by atoms with E-state index >= 15 is 0 Å². The molecule has 30 heavy (non-hydrogen) atoms. The maximum absolute atomic E-state index is 12.3. The fourth-order valence-corrected chi connectivity index (χ4v) is 4.00. The van der Waals surface area contributed by atoms with Gasteiger partial charge in [0.05, 0.1) is 17.1 Å². The predicted molar refractivity (Wildman–Crippen MR) is 108 cm³/mol. The van der Waals surface area contributed by atoms with Crippen molar-refractivity contribution < 1.29 is 32.2 Å². The number of hydrogen-bond donors (Lipinski definition) is 1. The Balaban J connectivity index is 1.45. The first-order valence-corrected chi connectivity index (χ1v) is 11.0. The number of sulfone groups is 1. The van der Waals surface area contributed by atoms with Gasteiger partial charge in [-0.25, -0.2) is 8.42 Å². The number of ether oxygens (including phenoxy) is 3. The van der Waals surface area contributed by atoms with Gasteiger partial charge in [-0.05, 0) is 43.7 Å². The first-order valence-electron chi connectivity index (χ1n) is 9.40. The number of amides is 1. The monoisotopic (exact) mass is 433 g/mol. The summed E-state index contributed by atoms with van der Waals surface area (Å²) in [4.78, 5) is 24.3. The number of hydrogen-bond acceptors (Lipinski definition) is 7. The zero-order valence-electron chi connectivity index (χ0n) is 16.7. The van der Waals surface area contributed by atoms with Gasteiger partial charge in [0.25, 0.3) is 5.91 Å². The van der Waals surface area contributed by atoms with Crippen molar-refractivity contribution >= 4 is 21.7 Å². The number of rotatable bonds is 8. The highest BCUT2D eigenvalue weighted by atomic mass is 32.2. The van der Waals surface area contributed by atoms with E-state index in [0.29, 0.717) is 11.5 Å². The second-order valence-electron chi connectivity index (χ2n) is 6.92. The molecule has 8 nitrogen and oxygen atoms in total. The van der Waals surface area contributed by atoms with Gasteiger partial charge in [-0.1, -0.05) is 23.8 Å². The minimum Gasteiger partial charge on any atom is -0.454 e. The molecule has 0 bridgehead atoms. The molecule has 1 unspecified atom stereocenters. The summed E-state index contributed by atoms with van der Waals surface area (Å²) < 4.78 is 40.2. The van der Waals surface area contributed by atoms with E-state index in [-0.39, 0.29) is 30.4 Å². The van der Waals surface area contributed by atoms with Crippen molar-refractivity contribution in [2.75, 3.05) is 12.5 Å². The van der Waals surface area contributed by atoms with Gasteiger partial charge >= 0.3 is 5.97 Å². The van der Waals surface area contributed by atoms with Gasteiger partial charge in [-0.3, -0.25) is 9.59 Å². The molecule has 2 aromatic rings. The van der Waals surface area contributed by atoms with Gasteiger partial charge in [0.1, 0.15) is 0 Å². The van der Waals surface area contributed by atoms with Crippen molar-refractivity contribution in [3.8, 4) is 11.5 Å². The third-order valence-corrected chi connectivity index (χ3v) is 6.27. The molecular formula is C21H23NO7S. The summed E-state index contributed by atoms with van der Waals surface area (Å²) in [7, 11) is -3.60. The molecule has 0 saturated carbocycles. The summed E-state index contributed by atoms with van der Waals surface area (Å²) in [5.74, 6) is -0.372. The Bertz CT molecular complexity index is 1030. The molecule has 3 rings (SSSR count). The van der Waals surface area contributed by atoms with Crippen LogP contribution in [0.5, 0.6) is 11.5 Å². The van der Waals surface area contributed by atoms with E-state index in [9.17, 15) is 18.0 Å². The quantitative estimate of drug-likeness (QED) is 0.636. The van der Waals surface area contributed by atoms with Crippen molar-refractivity contribution in [3.63, 3.8) is 0 Å². The zero-order valence-corrected chi connectivity index (χ0v) is 17.5. The van der Waals surface area contributed by atoms with E-state index in [0.717, 1.165) is 11.1 Å². The maximum atomic E-state index is 12.3. The van der Waals surface area contributed by atoms with E-state index in [1.54, 1.807) is 30.3 Å². The van der Waals surface area contributed by atoms with Crippen LogP contribution in [0.15, 0.2) is 47.4 Å². The van der Waals surface area contributed by atoms with Crippen LogP contribution in [0.25, 0.3) is 0 Å². The number of fused-ring (bicyclic) bond motifs is 1. The lowest BCUT2D eigenvalue weighted by Gasteiger charge is -2.14. The summed E-state index contributed by atoms with van der Waals surface area (Å²) in [6.45, 7) is 3.67. The summed E-state index contributed by atoms with van der Waals surface area (Å²) in [5, 5.41) is 2.67. The van der Waals surface area contributed by atoms with Crippen LogP contribution >= 0.6 is 0 Å². The minimum absolute atomic E-state index is 0.149. The Labute approximate surface area is 175 Å². The Morgan fingerprint density at radius 3 is 2.53 bits per heavy atom. The van der Waals surface area contributed by atoms with Crippen LogP contribution in [0.4, 0.5) is 0 Å². The van der Waals surface area contributed by atoms with Crippen molar-refractivity contribution in [2.45, 2.75) is 37.8 Å². The Kier molecular flexibility index (Phi) is 6.61. The van der Waals surface area contributed by atoms with Crippen LogP contribution in [0, 0.1) is 6.92 Å². The highest BCUT2D eigenvalue weighted by Crippen LogP contribution is 2.32. The second kappa shape index (κ2) is 9.17. The standard InChI is InChI=1S/C21H23NO7S/c1-14-3-6-17(7-4-14)30(25,26)10-9-20(23)29-15(2)21(24)22-12-16-5-8-18-19(11-16)28-13-27-18/h3-8,11,15H,9-10,12-13H2,1-2H3,(H,22,24). The van der Waals surface area contributed by atoms with Crippen molar-refractivity contribution in [3.05, 3.63) is 53.6 Å². The molecule has 0 saturated heterocycles. The molecule has 0 fully saturated rings. The van der Waals surface area contributed by atoms with Crippen molar-refractivity contribution in [1.82, 2.24) is 5.32 Å². The first-order chi connectivity index (χ1) is 14.2. The molecule has 1 heterocycles. The number of benzene rings is 2. The number of carbonyl (C=O) groups is 2. The fourth-order valence-electron chi connectivity index (χ4n) is 2.77. The summed E-state index contributed by atoms with van der Waals surface area (Å²) in [6.07, 6.45) is -1.38. The summed E-state index contributed by atoms with van der Waals surface area (Å²) >= 11 is 0. The van der Waals surface area contributed by atoms with E-state index in [4.69, 9.17) is 14.2 Å². The summed E-state index contributed by atoms with van der Waals surface area (Å²) in [6, 6.07) is 11.7. The summed E-state index contributed by atoms with van der Waals surface area (Å²) in [5.41, 5.74) is 1.74. The SMILES string of the molecule is Cc1ccc(S(=O)(=O)CCC(=O)OC(C)C(=O)NCc2ccc3c(c2)OCO3)cc1. The van der Waals surface area contributed by atoms with Crippen LogP contribution in [-0.4, -0.2) is 38.9 Å². The largest absolute Gasteiger partial charge is 0.454 e. The molecule has 160 valence electrons. The van der Waals surface area contributed by atoms with Crippen LogP contribution < -0.4 is 14.8 Å². The van der Waals surface area contributed by atoms with Crippen molar-refractivity contribution in [2.24, 2.45) is 0 Å². The fraction of sp³-hybridized carbons (Fsp3) is 0.333. The topological polar surface area (TPSA) is 108 Å². The molecule has 0 aliphatic carbocycles. The smallest absolute Gasteiger partial charge is 0.307 e. The zero-order chi connectivity index (χ0) is 21.7. The Hall–Kier alpha value is -3.07. The van der Waals surface area contributed by atoms with Gasteiger partial charge in [0.2, 0.25) is 6.79 Å². The van der Waals surface area contributed by atoms with Crippen LogP contribution in [-0.2, 0) is 30.7 Å². The second-order valence-corrected chi connectivity index (χ2v) is 9.03. The molecule has 1 N–H and O–H groups in total. The van der Waals surface area contributed by atoms with Crippen molar-refractivity contribution in [1.29, 1.82) is 0 Å². The average Bonchev–Trinajstić information content (AvgIpc) is 3.18. The van der Waals surface area contributed by atoms with E-state index in [1.165, 1.54) is 19.1 Å². The van der Waals surface area contributed by atoms with E-state index in [1.807, 2.05) is 6.92 Å². The molecule has 1 amide bonds. The highest BCUT2D eigenvalue weighted by Gasteiger charge is 2.21. The molecule has 1 aliphatic rings. The van der Waals surface area contributed by atoms with Gasteiger partial charge in [-0.15, -0.1) is 0 Å². The van der Waals surface area contributed by atoms with Gasteiger partial charge in [0, 0.05) is 6.54 Å². The van der Waals surface area contributed by atoms with Gasteiger partial charge in [-0.2, -0.15) is 0 Å². The molecule has 0 spiro atoms. The van der Waals surface area contributed by atoms with E-state index in [2.05, 4.69) is 5.32 Å². The number of esters is 1. The normalized spacial score (nSPS) is 13.5. The minimum atomic E-state index is -3.60. The number of aryl methyl sites for hydroxylation is 1. The lowest BCUT2D eigenvalue weighted by atomic mass is 10.2. The Morgan fingerprint density at radius 2 is 1.80 bits per heavy atom. The number of nitrogens with one attached hydrogen (secondary N) is 1. The average molecular weight is 433 g/mol. The van der Waals surface area contributed by atoms with Gasteiger partial charge in [0.15, 0.2) is 27.4 Å². The lowest BCUT2D eigenvalue weighted by Crippen LogP contribution is -2.35. The molecule has 1 atom stereocenters. The Morgan fingerprint density at radius 1 is 1.10 bits per heavy atom. The molecule has 1 aliphatic heterocycles. The van der Waals surface area contributed by atoms with Crippen LogP contribution in [0.1, 0.15) is 24.5 Å². The van der Waals surface area contributed by atoms with Gasteiger partial charge < -0.3 is 19.5 Å².